The third kappa shape index (κ3) is 29.9. The molecule has 0 radical (unpaired) electrons. The quantitative estimate of drug-likeness (QED) is 0.133. The number of Topliss-reactive ketones (excluding diaryl/α,β-unsaturated/α-hetero) is 2. The molecule has 0 spiro atoms. The standard InChI is InChI=1S/C23H31NO.C22H31N.C21H27N.C19H22N2O.4C4H10.3CH4/c1-16(2)22(25)14-18-10-12-19(13-11-18)23-21-9-7-5-4-6-8-20(21)17(3)15-24-23;1-16(2)14-18-10-12-19(13-11-18)22-21-9-7-5-4-6-8-20(21)17(3)15-23-22;1-13(2)10-15-4-6-16(7-5-15)21-20-18-9-8-17(11-18)19(20)14(3)12-22-21;1-11(22)9-13-3-5-14(6-4-13)19-18-16-8-7-15(10-16)17(18)12(2)20-21-19;4*1-4(2)3;;;/h10-13,15-16,20-21H,4-9,14H2,1-3H3;10-13,15-16,20-21H,4-9,14H2,1-3H3;4-7,12-13,17-20H,8-11H2,1-3H3;3-6,15-18H,7-10H2,1-2H3;4*4H,1-3H3;3*1H4. The number of benzene rings is 4. The second-order valence-corrected chi connectivity index (χ2v) is 38.2. The van der Waals surface area contributed by atoms with E-state index in [0.717, 1.165) is 82.6 Å². The Morgan fingerprint density at radius 1 is 0.333 bits per heavy atom. The van der Waals surface area contributed by atoms with Gasteiger partial charge in [0.2, 0.25) is 0 Å². The lowest BCUT2D eigenvalue weighted by atomic mass is 9.71. The number of fused-ring (bicyclic) bond motifs is 12. The normalized spacial score (nSPS) is 24.9. The van der Waals surface area contributed by atoms with Gasteiger partial charge in [0, 0.05) is 72.7 Å². The summed E-state index contributed by atoms with van der Waals surface area (Å²) in [5.74, 6) is 14.0. The molecule has 12 atom stereocenters. The number of ketones is 2. The van der Waals surface area contributed by atoms with Gasteiger partial charge in [-0.2, -0.15) is 10.2 Å². The topological polar surface area (TPSA) is 95.9 Å². The molecular formula is C104H163N5O2. The van der Waals surface area contributed by atoms with Gasteiger partial charge < -0.3 is 0 Å². The van der Waals surface area contributed by atoms with Crippen molar-refractivity contribution in [3.8, 4) is 0 Å². The Kier molecular flexibility index (Phi) is 42.2. The van der Waals surface area contributed by atoms with Gasteiger partial charge in [-0.15, -0.1) is 0 Å². The van der Waals surface area contributed by atoms with Crippen LogP contribution in [0.5, 0.6) is 0 Å². The molecule has 7 heteroatoms. The number of carbonyl (C=O) groups excluding carboxylic acids is 2. The Labute approximate surface area is 682 Å². The fraction of sp³-hybridized carbons (Fsp3) is 0.644. The van der Waals surface area contributed by atoms with E-state index in [1.54, 1.807) is 6.92 Å². The predicted octanol–water partition coefficient (Wildman–Crippen LogP) is 29.4. The molecular weight excluding hydrogens is 1350 g/mol. The Hall–Kier alpha value is -6.21. The van der Waals surface area contributed by atoms with Crippen LogP contribution < -0.4 is 0 Å². The number of carbonyl (C=O) groups is 2. The molecule has 616 valence electrons. The number of hydrogen-bond donors (Lipinski definition) is 0. The molecule has 111 heavy (non-hydrogen) atoms. The summed E-state index contributed by atoms with van der Waals surface area (Å²) < 4.78 is 0. The molecule has 4 bridgehead atoms. The smallest absolute Gasteiger partial charge is 0.139 e. The van der Waals surface area contributed by atoms with Crippen LogP contribution in [0, 0.1) is 112 Å². The van der Waals surface area contributed by atoms with Crippen LogP contribution in [0.4, 0.5) is 0 Å². The summed E-state index contributed by atoms with van der Waals surface area (Å²) in [6.07, 6.45) is 34.3. The van der Waals surface area contributed by atoms with Crippen molar-refractivity contribution in [1.29, 1.82) is 0 Å². The van der Waals surface area contributed by atoms with E-state index in [-0.39, 0.29) is 34.0 Å². The number of rotatable bonds is 13. The molecule has 7 nitrogen and oxygen atoms in total. The monoisotopic (exact) mass is 1510 g/mol. The molecule has 0 N–H and O–H groups in total. The maximum atomic E-state index is 12.0. The van der Waals surface area contributed by atoms with E-state index in [0.29, 0.717) is 60.1 Å². The number of hydrogen-bond acceptors (Lipinski definition) is 7. The van der Waals surface area contributed by atoms with Crippen molar-refractivity contribution in [1.82, 2.24) is 0 Å². The molecule has 10 aliphatic rings. The van der Waals surface area contributed by atoms with Crippen LogP contribution >= 0.6 is 0 Å². The first-order valence-corrected chi connectivity index (χ1v) is 43.6. The Morgan fingerprint density at radius 3 is 0.991 bits per heavy atom. The van der Waals surface area contributed by atoms with Gasteiger partial charge in [0.05, 0.1) is 22.8 Å². The van der Waals surface area contributed by atoms with Crippen molar-refractivity contribution < 1.29 is 9.59 Å². The average Bonchev–Trinajstić information content (AvgIpc) is 1.62. The van der Waals surface area contributed by atoms with Gasteiger partial charge in [-0.3, -0.25) is 24.6 Å². The van der Waals surface area contributed by atoms with E-state index < -0.39 is 0 Å². The van der Waals surface area contributed by atoms with Crippen molar-refractivity contribution in [2.45, 2.75) is 323 Å². The molecule has 6 fully saturated rings. The lowest BCUT2D eigenvalue weighted by molar-refractivity contribution is -0.121. The first-order chi connectivity index (χ1) is 51.4. The largest absolute Gasteiger partial charge is 0.300 e. The molecule has 4 aromatic rings. The zero-order valence-corrected chi connectivity index (χ0v) is 72.5. The number of nitrogens with zero attached hydrogens (tertiary/aromatic N) is 5. The molecule has 4 heterocycles. The Morgan fingerprint density at radius 2 is 0.631 bits per heavy atom. The third-order valence-corrected chi connectivity index (χ3v) is 23.2. The highest BCUT2D eigenvalue weighted by atomic mass is 16.1. The average molecular weight is 1520 g/mol. The number of allylic oxidation sites excluding steroid dienone is 3. The lowest BCUT2D eigenvalue weighted by Gasteiger charge is -2.35. The van der Waals surface area contributed by atoms with Crippen molar-refractivity contribution in [2.75, 3.05) is 0 Å². The summed E-state index contributed by atoms with van der Waals surface area (Å²) in [4.78, 5) is 37.8. The maximum absolute atomic E-state index is 12.0. The van der Waals surface area contributed by atoms with Crippen molar-refractivity contribution in [2.24, 2.45) is 138 Å². The molecule has 14 rings (SSSR count). The minimum absolute atomic E-state index is 0. The fourth-order valence-electron chi connectivity index (χ4n) is 18.6. The zero-order valence-electron chi connectivity index (χ0n) is 72.5. The molecule has 6 aliphatic carbocycles. The molecule has 4 aliphatic heterocycles. The summed E-state index contributed by atoms with van der Waals surface area (Å²) in [5.41, 5.74) is 21.1. The maximum Gasteiger partial charge on any atom is 0.139 e. The van der Waals surface area contributed by atoms with Crippen molar-refractivity contribution >= 4 is 40.1 Å². The molecule has 0 aromatic heterocycles. The van der Waals surface area contributed by atoms with Crippen LogP contribution in [-0.2, 0) is 35.3 Å². The fourth-order valence-corrected chi connectivity index (χ4v) is 18.6. The Bertz CT molecular complexity index is 3640. The van der Waals surface area contributed by atoms with Crippen LogP contribution in [0.15, 0.2) is 158 Å². The van der Waals surface area contributed by atoms with Crippen molar-refractivity contribution in [3.63, 3.8) is 0 Å². The SMILES string of the molecule is C.C.C.CC(=O)Cc1ccc(C2=NN=C(C)C3C4CCC(C4)C23)cc1.CC(C)C.CC(C)C.CC(C)C.CC(C)C.CC1=CN=C(c2ccc(CC(=O)C(C)C)cc2)C2CCCCCCC12.CC1=CN=C(c2ccc(CC(C)C)cc2)C2C3CCC(C3)C12.CC1=CN=C(c2ccc(CC(C)C)cc2)C2CCCCCCC12. The first kappa shape index (κ1) is 97.2. The predicted molar refractivity (Wildman–Crippen MR) is 489 cm³/mol. The highest BCUT2D eigenvalue weighted by molar-refractivity contribution is 6.08. The summed E-state index contributed by atoms with van der Waals surface area (Å²) in [5, 5.41) is 9.04. The van der Waals surface area contributed by atoms with Crippen LogP contribution in [0.1, 0.15) is 342 Å². The van der Waals surface area contributed by atoms with Crippen LogP contribution in [0.25, 0.3) is 0 Å². The van der Waals surface area contributed by atoms with E-state index in [1.807, 2.05) is 13.8 Å². The van der Waals surface area contributed by atoms with Gasteiger partial charge in [0.15, 0.2) is 0 Å². The molecule has 4 aromatic carbocycles. The minimum Gasteiger partial charge on any atom is -0.300 e. The number of aliphatic imine (C=N–C) groups is 3. The van der Waals surface area contributed by atoms with E-state index in [2.05, 4.69) is 264 Å². The van der Waals surface area contributed by atoms with E-state index >= 15 is 0 Å². The summed E-state index contributed by atoms with van der Waals surface area (Å²) in [6.45, 7) is 49.7. The molecule has 6 saturated carbocycles. The molecule has 0 amide bonds. The Balaban J connectivity index is 0.000000290. The first-order valence-electron chi connectivity index (χ1n) is 43.6. The van der Waals surface area contributed by atoms with E-state index in [4.69, 9.17) is 15.0 Å². The van der Waals surface area contributed by atoms with Gasteiger partial charge in [0.25, 0.3) is 0 Å². The second-order valence-electron chi connectivity index (χ2n) is 38.2. The van der Waals surface area contributed by atoms with Gasteiger partial charge in [-0.1, -0.05) is 312 Å². The lowest BCUT2D eigenvalue weighted by Crippen LogP contribution is -2.36. The van der Waals surface area contributed by atoms with Gasteiger partial charge >= 0.3 is 0 Å². The zero-order chi connectivity index (χ0) is 78.9. The van der Waals surface area contributed by atoms with E-state index in [1.165, 1.54) is 201 Å². The molecule has 0 saturated heterocycles. The van der Waals surface area contributed by atoms with Gasteiger partial charge in [-0.25, -0.2) is 0 Å². The van der Waals surface area contributed by atoms with E-state index in [9.17, 15) is 9.59 Å². The highest BCUT2D eigenvalue weighted by Crippen LogP contribution is 2.58. The van der Waals surface area contributed by atoms with Crippen molar-refractivity contribution in [3.05, 3.63) is 177 Å². The van der Waals surface area contributed by atoms with Crippen LogP contribution in [-0.4, -0.2) is 40.1 Å². The second kappa shape index (κ2) is 48.2. The summed E-state index contributed by atoms with van der Waals surface area (Å²) in [7, 11) is 0. The van der Waals surface area contributed by atoms with Crippen LogP contribution in [0.2, 0.25) is 0 Å². The van der Waals surface area contributed by atoms with Gasteiger partial charge in [0.1, 0.15) is 11.6 Å². The third-order valence-electron chi connectivity index (χ3n) is 23.2. The minimum atomic E-state index is 0. The van der Waals surface area contributed by atoms with Gasteiger partial charge in [-0.05, 0) is 233 Å². The summed E-state index contributed by atoms with van der Waals surface area (Å²) >= 11 is 0. The van der Waals surface area contributed by atoms with Crippen LogP contribution in [0.3, 0.4) is 0 Å². The highest BCUT2D eigenvalue weighted by Gasteiger charge is 2.53. The molecule has 12 unspecified atom stereocenters. The summed E-state index contributed by atoms with van der Waals surface area (Å²) in [6, 6.07) is 35.4.